The van der Waals surface area contributed by atoms with E-state index in [2.05, 4.69) is 0 Å². The number of hydrogen-bond donors (Lipinski definition) is 4. The van der Waals surface area contributed by atoms with Gasteiger partial charge in [-0.2, -0.15) is 0 Å². The third kappa shape index (κ3) is 10.8. The molecule has 200 valence electrons. The van der Waals surface area contributed by atoms with Gasteiger partial charge in [-0.3, -0.25) is 13.8 Å². The van der Waals surface area contributed by atoms with E-state index in [9.17, 15) is 23.7 Å². The van der Waals surface area contributed by atoms with Gasteiger partial charge in [0, 0.05) is 12.8 Å². The summed E-state index contributed by atoms with van der Waals surface area (Å²) in [6.45, 7) is 3.44. The van der Waals surface area contributed by atoms with E-state index in [1.165, 1.54) is 0 Å². The first-order valence-electron chi connectivity index (χ1n) is 12.0. The van der Waals surface area contributed by atoms with Crippen LogP contribution < -0.4 is 11.0 Å². The normalized spacial score (nSPS) is 18.4. The molecular weight excluding hydrogens is 502 g/mol. The lowest BCUT2D eigenvalue weighted by Gasteiger charge is -2.31. The standard InChI is InChI=1S/C25H38N2O7P2/c1-24(33-35(26,29)30,21-13-5-3-6-14-21)19-11-9-17-23(28)18-10-12-20-25(2,34-36(27,31)32)22-15-7-4-8-16-22/h3-8,13-16H,9-12,17-20H2,1-2H3,(H3,26,29,30)(H3,27,31,32). The summed E-state index contributed by atoms with van der Waals surface area (Å²) in [5.74, 6) is 0.109. The van der Waals surface area contributed by atoms with E-state index in [0.717, 1.165) is 11.1 Å². The number of rotatable bonds is 16. The van der Waals surface area contributed by atoms with Gasteiger partial charge < -0.3 is 9.79 Å². The minimum absolute atomic E-state index is 0.109. The monoisotopic (exact) mass is 540 g/mol. The van der Waals surface area contributed by atoms with Crippen molar-refractivity contribution in [3.05, 3.63) is 71.8 Å². The van der Waals surface area contributed by atoms with Crippen LogP contribution in [0, 0.1) is 0 Å². The molecule has 0 heterocycles. The van der Waals surface area contributed by atoms with E-state index in [1.54, 1.807) is 13.8 Å². The average molecular weight is 541 g/mol. The predicted octanol–water partition coefficient (Wildman–Crippen LogP) is 5.66. The smallest absolute Gasteiger partial charge is 0.313 e. The van der Waals surface area contributed by atoms with Gasteiger partial charge in [0.1, 0.15) is 17.0 Å². The Kier molecular flexibility index (Phi) is 11.2. The van der Waals surface area contributed by atoms with Crippen molar-refractivity contribution in [2.75, 3.05) is 0 Å². The molecule has 4 unspecified atom stereocenters. The van der Waals surface area contributed by atoms with Crippen LogP contribution in [0.3, 0.4) is 0 Å². The maximum absolute atomic E-state index is 12.4. The van der Waals surface area contributed by atoms with Crippen molar-refractivity contribution in [3.63, 3.8) is 0 Å². The van der Waals surface area contributed by atoms with Gasteiger partial charge in [0.15, 0.2) is 0 Å². The Morgan fingerprint density at radius 2 is 1.06 bits per heavy atom. The van der Waals surface area contributed by atoms with E-state index in [0.29, 0.717) is 51.4 Å². The maximum atomic E-state index is 12.4. The van der Waals surface area contributed by atoms with Crippen LogP contribution in [-0.4, -0.2) is 15.6 Å². The maximum Gasteiger partial charge on any atom is 0.401 e. The molecule has 0 aliphatic rings. The Hall–Kier alpha value is -1.67. The van der Waals surface area contributed by atoms with Crippen LogP contribution in [0.2, 0.25) is 0 Å². The second-order valence-electron chi connectivity index (χ2n) is 9.46. The Morgan fingerprint density at radius 1 is 0.722 bits per heavy atom. The Morgan fingerprint density at radius 3 is 1.36 bits per heavy atom. The molecule has 0 fully saturated rings. The van der Waals surface area contributed by atoms with Crippen LogP contribution in [0.25, 0.3) is 0 Å². The first-order chi connectivity index (χ1) is 16.7. The molecule has 36 heavy (non-hydrogen) atoms. The molecule has 0 aromatic heterocycles. The summed E-state index contributed by atoms with van der Waals surface area (Å²) in [4.78, 5) is 31.6. The van der Waals surface area contributed by atoms with Gasteiger partial charge in [-0.25, -0.2) is 20.1 Å². The zero-order valence-corrected chi connectivity index (χ0v) is 22.7. The van der Waals surface area contributed by atoms with Gasteiger partial charge in [-0.15, -0.1) is 0 Å². The molecule has 2 rings (SSSR count). The number of Topliss-reactive ketones (excluding diaryl/α,β-unsaturated/α-hetero) is 1. The lowest BCUT2D eigenvalue weighted by Crippen LogP contribution is -2.26. The first-order valence-corrected chi connectivity index (χ1v) is 15.3. The molecule has 0 saturated heterocycles. The van der Waals surface area contributed by atoms with Crippen LogP contribution in [0.4, 0.5) is 0 Å². The van der Waals surface area contributed by atoms with Gasteiger partial charge in [0.25, 0.3) is 0 Å². The summed E-state index contributed by atoms with van der Waals surface area (Å²) in [6.07, 6.45) is 4.06. The van der Waals surface area contributed by atoms with Crippen molar-refractivity contribution < 1.29 is 32.8 Å². The van der Waals surface area contributed by atoms with Gasteiger partial charge in [-0.05, 0) is 63.5 Å². The molecule has 4 atom stereocenters. The van der Waals surface area contributed by atoms with E-state index in [1.807, 2.05) is 60.7 Å². The quantitative estimate of drug-likeness (QED) is 0.155. The Balaban J connectivity index is 1.82. The van der Waals surface area contributed by atoms with Crippen LogP contribution >= 0.6 is 15.5 Å². The van der Waals surface area contributed by atoms with Gasteiger partial charge in [-0.1, -0.05) is 60.7 Å². The Bertz CT molecular complexity index is 975. The highest BCUT2D eigenvalue weighted by Crippen LogP contribution is 2.46. The highest BCUT2D eigenvalue weighted by molar-refractivity contribution is 7.50. The Labute approximate surface area is 213 Å². The molecule has 0 amide bonds. The molecule has 11 heteroatoms. The lowest BCUT2D eigenvalue weighted by atomic mass is 9.89. The molecular formula is C25H38N2O7P2. The van der Waals surface area contributed by atoms with Gasteiger partial charge >= 0.3 is 15.5 Å². The zero-order valence-electron chi connectivity index (χ0n) is 20.9. The minimum Gasteiger partial charge on any atom is -0.313 e. The molecule has 2 aromatic rings. The highest BCUT2D eigenvalue weighted by atomic mass is 31.2. The molecule has 9 nitrogen and oxygen atoms in total. The van der Waals surface area contributed by atoms with Crippen molar-refractivity contribution in [1.82, 2.24) is 0 Å². The number of carbonyl (C=O) groups is 1. The number of nitrogens with two attached hydrogens (primary N) is 2. The number of hydrogen-bond acceptors (Lipinski definition) is 5. The minimum atomic E-state index is -4.21. The van der Waals surface area contributed by atoms with E-state index < -0.39 is 26.7 Å². The lowest BCUT2D eigenvalue weighted by molar-refractivity contribution is -0.119. The van der Waals surface area contributed by atoms with Crippen molar-refractivity contribution in [2.24, 2.45) is 11.0 Å². The zero-order chi connectivity index (χ0) is 26.9. The summed E-state index contributed by atoms with van der Waals surface area (Å²) in [5, 5.41) is 0. The first kappa shape index (κ1) is 30.6. The second-order valence-corrected chi connectivity index (χ2v) is 12.1. The van der Waals surface area contributed by atoms with Crippen molar-refractivity contribution >= 4 is 21.3 Å². The SMILES string of the molecule is CC(CCCCC(=O)CCCCC(C)(OP(N)(=O)O)c1ccccc1)(OP(N)(=O)O)c1ccccc1. The number of ketones is 1. The van der Waals surface area contributed by atoms with Crippen LogP contribution in [-0.2, 0) is 34.2 Å². The van der Waals surface area contributed by atoms with E-state index in [4.69, 9.17) is 20.1 Å². The van der Waals surface area contributed by atoms with Gasteiger partial charge in [0.05, 0.1) is 0 Å². The fourth-order valence-corrected chi connectivity index (χ4v) is 5.89. The summed E-state index contributed by atoms with van der Waals surface area (Å²) in [5.41, 5.74) is 9.94. The molecule has 0 saturated carbocycles. The van der Waals surface area contributed by atoms with Crippen molar-refractivity contribution in [2.45, 2.75) is 76.4 Å². The third-order valence-corrected chi connectivity index (χ3v) is 7.48. The second kappa shape index (κ2) is 13.2. The molecule has 2 aromatic carbocycles. The van der Waals surface area contributed by atoms with E-state index in [-0.39, 0.29) is 5.78 Å². The van der Waals surface area contributed by atoms with Gasteiger partial charge in [0.2, 0.25) is 0 Å². The summed E-state index contributed by atoms with van der Waals surface area (Å²) < 4.78 is 34.2. The summed E-state index contributed by atoms with van der Waals surface area (Å²) >= 11 is 0. The summed E-state index contributed by atoms with van der Waals surface area (Å²) in [6, 6.07) is 18.2. The molecule has 0 bridgehead atoms. The topological polar surface area (TPSA) is 162 Å². The fourth-order valence-electron chi connectivity index (χ4n) is 4.34. The third-order valence-electron chi connectivity index (χ3n) is 6.15. The predicted molar refractivity (Wildman–Crippen MR) is 140 cm³/mol. The largest absolute Gasteiger partial charge is 0.401 e. The number of benzene rings is 2. The number of carbonyl (C=O) groups excluding carboxylic acids is 1. The van der Waals surface area contributed by atoms with Crippen molar-refractivity contribution in [1.29, 1.82) is 0 Å². The fraction of sp³-hybridized carbons (Fsp3) is 0.480. The number of unbranched alkanes of at least 4 members (excludes halogenated alkanes) is 2. The molecule has 0 radical (unpaired) electrons. The molecule has 0 aliphatic carbocycles. The van der Waals surface area contributed by atoms with Crippen LogP contribution in [0.1, 0.15) is 76.3 Å². The van der Waals surface area contributed by atoms with Crippen LogP contribution in [0.15, 0.2) is 60.7 Å². The highest BCUT2D eigenvalue weighted by Gasteiger charge is 2.34. The average Bonchev–Trinajstić information content (AvgIpc) is 2.79. The van der Waals surface area contributed by atoms with Crippen LogP contribution in [0.5, 0.6) is 0 Å². The summed E-state index contributed by atoms with van der Waals surface area (Å²) in [7, 11) is -8.41. The van der Waals surface area contributed by atoms with E-state index >= 15 is 0 Å². The molecule has 6 N–H and O–H groups in total. The molecule has 0 aliphatic heterocycles. The molecule has 0 spiro atoms. The van der Waals surface area contributed by atoms with Crippen molar-refractivity contribution in [3.8, 4) is 0 Å².